The number of aryl methyl sites for hydroxylation is 1. The third-order valence-corrected chi connectivity index (χ3v) is 6.54. The maximum Gasteiger partial charge on any atom is 0.321 e. The van der Waals surface area contributed by atoms with Gasteiger partial charge in [-0.15, -0.1) is 11.3 Å². The molecule has 40 heavy (non-hydrogen) atoms. The molecule has 0 aliphatic heterocycles. The third-order valence-electron chi connectivity index (χ3n) is 5.74. The van der Waals surface area contributed by atoms with Crippen LogP contribution >= 0.6 is 11.3 Å². The van der Waals surface area contributed by atoms with E-state index in [4.69, 9.17) is 4.74 Å². The van der Waals surface area contributed by atoms with Crippen molar-refractivity contribution >= 4 is 34.4 Å². The number of aromatic nitrogens is 1. The number of carbonyl (C=O) groups excluding carboxylic acids is 3. The number of benzene rings is 2. The number of hydrogen-bond acceptors (Lipinski definition) is 7. The van der Waals surface area contributed by atoms with E-state index in [1.54, 1.807) is 20.8 Å². The molecule has 1 heterocycles. The van der Waals surface area contributed by atoms with Gasteiger partial charge in [0.15, 0.2) is 5.13 Å². The fourth-order valence-electron chi connectivity index (χ4n) is 3.82. The summed E-state index contributed by atoms with van der Waals surface area (Å²) in [6.07, 6.45) is 2.31. The predicted molar refractivity (Wildman–Crippen MR) is 158 cm³/mol. The second-order valence-corrected chi connectivity index (χ2v) is 11.3. The van der Waals surface area contributed by atoms with Crippen LogP contribution in [0.25, 0.3) is 0 Å². The Balaban J connectivity index is 1.40. The van der Waals surface area contributed by atoms with Crippen molar-refractivity contribution in [2.45, 2.75) is 71.2 Å². The van der Waals surface area contributed by atoms with Crippen LogP contribution < -0.4 is 21.3 Å². The number of carbonyl (C=O) groups is 3. The molecule has 0 bridgehead atoms. The molecular formula is C30H39N5O4S. The quantitative estimate of drug-likeness (QED) is 0.165. The minimum atomic E-state index is -0.692. The number of amides is 3. The molecule has 9 nitrogen and oxygen atoms in total. The highest BCUT2D eigenvalue weighted by atomic mass is 32.1. The van der Waals surface area contributed by atoms with Gasteiger partial charge in [-0.2, -0.15) is 0 Å². The molecule has 0 aliphatic rings. The lowest BCUT2D eigenvalue weighted by molar-refractivity contribution is -0.156. The SMILES string of the molecule is CC(C)(C)OC(=O)C[C@H](NCCCCc1csc(NC(=O)NCc2ccccc2)n1)C(=O)NCc1ccccc1. The summed E-state index contributed by atoms with van der Waals surface area (Å²) in [6.45, 7) is 6.80. The Kier molecular flexibility index (Phi) is 12.1. The summed E-state index contributed by atoms with van der Waals surface area (Å²) < 4.78 is 5.43. The summed E-state index contributed by atoms with van der Waals surface area (Å²) in [7, 11) is 0. The number of ether oxygens (including phenoxy) is 1. The van der Waals surface area contributed by atoms with Crippen LogP contribution in [-0.2, 0) is 33.8 Å². The molecule has 3 amide bonds. The first-order valence-corrected chi connectivity index (χ1v) is 14.4. The third kappa shape index (κ3) is 12.0. The Morgan fingerprint density at radius 1 is 0.900 bits per heavy atom. The van der Waals surface area contributed by atoms with Gasteiger partial charge in [-0.05, 0) is 57.7 Å². The molecule has 0 spiro atoms. The monoisotopic (exact) mass is 565 g/mol. The van der Waals surface area contributed by atoms with E-state index in [0.29, 0.717) is 24.8 Å². The number of nitrogens with zero attached hydrogens (tertiary/aromatic N) is 1. The molecule has 1 atom stereocenters. The highest BCUT2D eigenvalue weighted by Gasteiger charge is 2.25. The minimum Gasteiger partial charge on any atom is -0.460 e. The van der Waals surface area contributed by atoms with Gasteiger partial charge in [0.05, 0.1) is 18.2 Å². The molecular weight excluding hydrogens is 526 g/mol. The van der Waals surface area contributed by atoms with Crippen LogP contribution in [0.5, 0.6) is 0 Å². The normalized spacial score (nSPS) is 11.9. The van der Waals surface area contributed by atoms with Crippen LogP contribution in [-0.4, -0.2) is 41.1 Å². The van der Waals surface area contributed by atoms with Crippen molar-refractivity contribution in [1.82, 2.24) is 20.9 Å². The van der Waals surface area contributed by atoms with Crippen molar-refractivity contribution in [1.29, 1.82) is 0 Å². The van der Waals surface area contributed by atoms with Crippen LogP contribution in [0.2, 0.25) is 0 Å². The van der Waals surface area contributed by atoms with E-state index in [0.717, 1.165) is 36.1 Å². The topological polar surface area (TPSA) is 121 Å². The summed E-state index contributed by atoms with van der Waals surface area (Å²) in [5, 5.41) is 14.2. The van der Waals surface area contributed by atoms with Gasteiger partial charge in [0.1, 0.15) is 5.60 Å². The zero-order chi connectivity index (χ0) is 28.8. The van der Waals surface area contributed by atoms with E-state index < -0.39 is 17.6 Å². The predicted octanol–water partition coefficient (Wildman–Crippen LogP) is 4.79. The number of unbranched alkanes of at least 4 members (excludes halogenated alkanes) is 1. The molecule has 214 valence electrons. The van der Waals surface area contributed by atoms with E-state index in [1.165, 1.54) is 11.3 Å². The zero-order valence-electron chi connectivity index (χ0n) is 23.4. The lowest BCUT2D eigenvalue weighted by atomic mass is 10.1. The van der Waals surface area contributed by atoms with Gasteiger partial charge in [0, 0.05) is 18.5 Å². The lowest BCUT2D eigenvalue weighted by Gasteiger charge is -2.22. The minimum absolute atomic E-state index is 0.0503. The fourth-order valence-corrected chi connectivity index (χ4v) is 4.56. The Morgan fingerprint density at radius 3 is 2.15 bits per heavy atom. The van der Waals surface area contributed by atoms with Gasteiger partial charge >= 0.3 is 12.0 Å². The maximum absolute atomic E-state index is 12.9. The fraction of sp³-hybridized carbons (Fsp3) is 0.400. The molecule has 3 rings (SSSR count). The number of thiazole rings is 1. The molecule has 0 saturated heterocycles. The molecule has 0 fully saturated rings. The van der Waals surface area contributed by atoms with Crippen LogP contribution in [0.3, 0.4) is 0 Å². The van der Waals surface area contributed by atoms with Crippen LogP contribution in [0.1, 0.15) is 56.9 Å². The highest BCUT2D eigenvalue weighted by Crippen LogP contribution is 2.17. The smallest absolute Gasteiger partial charge is 0.321 e. The number of esters is 1. The second-order valence-electron chi connectivity index (χ2n) is 10.4. The second kappa shape index (κ2) is 15.7. The molecule has 1 aromatic heterocycles. The van der Waals surface area contributed by atoms with E-state index in [9.17, 15) is 14.4 Å². The standard InChI is InChI=1S/C30H39N5O4S/c1-30(2,3)39-26(36)18-25(27(37)32-19-22-12-6-4-7-13-22)31-17-11-10-16-24-21-40-29(34-24)35-28(38)33-20-23-14-8-5-9-15-23/h4-9,12-15,21,25,31H,10-11,16-20H2,1-3H3,(H,32,37)(H2,33,34,35,38)/t25-/m0/s1. The maximum atomic E-state index is 12.9. The first kappa shape index (κ1) is 30.8. The van der Waals surface area contributed by atoms with Gasteiger partial charge < -0.3 is 20.7 Å². The molecule has 3 aromatic rings. The summed E-state index contributed by atoms with van der Waals surface area (Å²) in [5.74, 6) is -0.661. The summed E-state index contributed by atoms with van der Waals surface area (Å²) >= 11 is 1.38. The average Bonchev–Trinajstić information content (AvgIpc) is 3.36. The lowest BCUT2D eigenvalue weighted by Crippen LogP contribution is -2.46. The van der Waals surface area contributed by atoms with Crippen molar-refractivity contribution in [2.24, 2.45) is 0 Å². The zero-order valence-corrected chi connectivity index (χ0v) is 24.2. The summed E-state index contributed by atoms with van der Waals surface area (Å²) in [5.41, 5.74) is 2.28. The summed E-state index contributed by atoms with van der Waals surface area (Å²) in [6, 6.07) is 18.3. The van der Waals surface area contributed by atoms with E-state index in [2.05, 4.69) is 26.3 Å². The average molecular weight is 566 g/mol. The Labute approximate surface area is 240 Å². The first-order chi connectivity index (χ1) is 19.2. The molecule has 0 saturated carbocycles. The number of hydrogen-bond donors (Lipinski definition) is 4. The Hall–Kier alpha value is -3.76. The number of nitrogens with one attached hydrogen (secondary N) is 4. The molecule has 0 aliphatic carbocycles. The van der Waals surface area contributed by atoms with Crippen LogP contribution in [0.15, 0.2) is 66.0 Å². The van der Waals surface area contributed by atoms with Gasteiger partial charge in [0.2, 0.25) is 5.91 Å². The first-order valence-electron chi connectivity index (χ1n) is 13.5. The molecule has 2 aromatic carbocycles. The molecule has 0 radical (unpaired) electrons. The number of anilines is 1. The van der Waals surface area contributed by atoms with Crippen LogP contribution in [0, 0.1) is 0 Å². The number of urea groups is 1. The van der Waals surface area contributed by atoms with E-state index >= 15 is 0 Å². The van der Waals surface area contributed by atoms with Crippen LogP contribution in [0.4, 0.5) is 9.93 Å². The van der Waals surface area contributed by atoms with E-state index in [1.807, 2.05) is 66.0 Å². The summed E-state index contributed by atoms with van der Waals surface area (Å²) in [4.78, 5) is 42.0. The van der Waals surface area contributed by atoms with Crippen molar-refractivity contribution in [3.63, 3.8) is 0 Å². The van der Waals surface area contributed by atoms with Crippen molar-refractivity contribution in [3.8, 4) is 0 Å². The van der Waals surface area contributed by atoms with Gasteiger partial charge in [0.25, 0.3) is 0 Å². The Bertz CT molecular complexity index is 1210. The Morgan fingerprint density at radius 2 is 1.52 bits per heavy atom. The van der Waals surface area contributed by atoms with Crippen molar-refractivity contribution in [2.75, 3.05) is 11.9 Å². The van der Waals surface area contributed by atoms with Gasteiger partial charge in [-0.25, -0.2) is 9.78 Å². The van der Waals surface area contributed by atoms with Crippen molar-refractivity contribution in [3.05, 3.63) is 82.9 Å². The van der Waals surface area contributed by atoms with Crippen molar-refractivity contribution < 1.29 is 19.1 Å². The molecule has 10 heteroatoms. The van der Waals surface area contributed by atoms with Gasteiger partial charge in [-0.3, -0.25) is 14.9 Å². The van der Waals surface area contributed by atoms with E-state index in [-0.39, 0.29) is 18.4 Å². The molecule has 4 N–H and O–H groups in total. The molecule has 0 unspecified atom stereocenters. The van der Waals surface area contributed by atoms with Gasteiger partial charge in [-0.1, -0.05) is 60.7 Å². The number of rotatable bonds is 14. The largest absolute Gasteiger partial charge is 0.460 e. The highest BCUT2D eigenvalue weighted by molar-refractivity contribution is 7.13.